The smallest absolute Gasteiger partial charge is 0.161 e. The van der Waals surface area contributed by atoms with Crippen molar-refractivity contribution in [3.8, 4) is 0 Å². The molecule has 1 aliphatic heterocycles. The van der Waals surface area contributed by atoms with Gasteiger partial charge in [-0.25, -0.2) is 9.97 Å². The van der Waals surface area contributed by atoms with Gasteiger partial charge in [-0.05, 0) is 38.8 Å². The van der Waals surface area contributed by atoms with Crippen molar-refractivity contribution in [2.45, 2.75) is 65.1 Å². The zero-order valence-electron chi connectivity index (χ0n) is 13.8. The first-order valence-corrected chi connectivity index (χ1v) is 7.99. The van der Waals surface area contributed by atoms with Crippen molar-refractivity contribution >= 4 is 11.2 Å². The van der Waals surface area contributed by atoms with Crippen LogP contribution in [-0.4, -0.2) is 32.0 Å². The predicted octanol–water partition coefficient (Wildman–Crippen LogP) is 3.73. The molecule has 2 aromatic heterocycles. The Morgan fingerprint density at radius 3 is 2.71 bits per heavy atom. The standard InChI is InChI=1S/C17H26N4/c1-12(2)20-11-7-9-14(20)21-15-13(8-6-10-18-15)19-16(21)17(3,4)5/h6,8,10,12,14H,7,9,11H2,1-5H3. The van der Waals surface area contributed by atoms with E-state index in [1.165, 1.54) is 19.4 Å². The molecule has 0 radical (unpaired) electrons. The topological polar surface area (TPSA) is 34.0 Å². The van der Waals surface area contributed by atoms with Crippen LogP contribution >= 0.6 is 0 Å². The largest absolute Gasteiger partial charge is 0.296 e. The summed E-state index contributed by atoms with van der Waals surface area (Å²) in [7, 11) is 0. The molecule has 0 spiro atoms. The fraction of sp³-hybridized carbons (Fsp3) is 0.647. The van der Waals surface area contributed by atoms with E-state index in [0.717, 1.165) is 17.0 Å². The number of likely N-dealkylation sites (tertiary alicyclic amines) is 1. The summed E-state index contributed by atoms with van der Waals surface area (Å²) in [4.78, 5) is 12.1. The van der Waals surface area contributed by atoms with Crippen LogP contribution in [0.4, 0.5) is 0 Å². The summed E-state index contributed by atoms with van der Waals surface area (Å²) in [5.41, 5.74) is 2.06. The van der Waals surface area contributed by atoms with E-state index in [1.54, 1.807) is 0 Å². The average Bonchev–Trinajstić information content (AvgIpc) is 3.01. The van der Waals surface area contributed by atoms with Crippen LogP contribution in [0, 0.1) is 0 Å². The van der Waals surface area contributed by atoms with Gasteiger partial charge in [0.1, 0.15) is 11.3 Å². The summed E-state index contributed by atoms with van der Waals surface area (Å²) in [5.74, 6) is 1.15. The Bertz CT molecular complexity index is 636. The van der Waals surface area contributed by atoms with Gasteiger partial charge in [0.25, 0.3) is 0 Å². The van der Waals surface area contributed by atoms with Crippen LogP contribution in [0.15, 0.2) is 18.3 Å². The molecule has 114 valence electrons. The molecule has 3 rings (SSSR count). The van der Waals surface area contributed by atoms with E-state index in [4.69, 9.17) is 4.98 Å². The zero-order chi connectivity index (χ0) is 15.2. The summed E-state index contributed by atoms with van der Waals surface area (Å²) >= 11 is 0. The Balaban J connectivity index is 2.20. The van der Waals surface area contributed by atoms with Gasteiger partial charge in [-0.2, -0.15) is 0 Å². The first-order chi connectivity index (χ1) is 9.89. The molecule has 0 amide bonds. The number of imidazole rings is 1. The number of nitrogens with zero attached hydrogens (tertiary/aromatic N) is 4. The van der Waals surface area contributed by atoms with Gasteiger partial charge in [0.15, 0.2) is 5.65 Å². The molecule has 0 N–H and O–H groups in total. The molecule has 2 aromatic rings. The van der Waals surface area contributed by atoms with E-state index < -0.39 is 0 Å². The SMILES string of the molecule is CC(C)N1CCCC1n1c(C(C)(C)C)nc2cccnc21. The number of fused-ring (bicyclic) bond motifs is 1. The van der Waals surface area contributed by atoms with Crippen LogP contribution in [0.25, 0.3) is 11.2 Å². The van der Waals surface area contributed by atoms with Crippen LogP contribution < -0.4 is 0 Å². The lowest BCUT2D eigenvalue weighted by Crippen LogP contribution is -2.35. The predicted molar refractivity (Wildman–Crippen MR) is 86.3 cm³/mol. The van der Waals surface area contributed by atoms with E-state index in [2.05, 4.69) is 55.1 Å². The fourth-order valence-electron chi connectivity index (χ4n) is 3.39. The molecular weight excluding hydrogens is 260 g/mol. The molecule has 3 heterocycles. The molecule has 4 nitrogen and oxygen atoms in total. The lowest BCUT2D eigenvalue weighted by molar-refractivity contribution is 0.149. The van der Waals surface area contributed by atoms with Crippen LogP contribution in [-0.2, 0) is 5.41 Å². The van der Waals surface area contributed by atoms with Crippen molar-refractivity contribution in [2.24, 2.45) is 0 Å². The minimum Gasteiger partial charge on any atom is -0.296 e. The molecule has 21 heavy (non-hydrogen) atoms. The minimum absolute atomic E-state index is 0.0198. The average molecular weight is 286 g/mol. The molecule has 1 aliphatic rings. The van der Waals surface area contributed by atoms with E-state index in [-0.39, 0.29) is 5.41 Å². The number of hydrogen-bond acceptors (Lipinski definition) is 3. The van der Waals surface area contributed by atoms with E-state index in [0.29, 0.717) is 12.2 Å². The zero-order valence-corrected chi connectivity index (χ0v) is 13.8. The Morgan fingerprint density at radius 2 is 2.05 bits per heavy atom. The van der Waals surface area contributed by atoms with E-state index in [9.17, 15) is 0 Å². The third-order valence-corrected chi connectivity index (χ3v) is 4.34. The normalized spacial score (nSPS) is 20.8. The highest BCUT2D eigenvalue weighted by molar-refractivity contribution is 5.71. The van der Waals surface area contributed by atoms with Gasteiger partial charge in [0.2, 0.25) is 0 Å². The number of pyridine rings is 1. The number of hydrogen-bond donors (Lipinski definition) is 0. The lowest BCUT2D eigenvalue weighted by atomic mass is 9.95. The van der Waals surface area contributed by atoms with Gasteiger partial charge in [-0.15, -0.1) is 0 Å². The van der Waals surface area contributed by atoms with Crippen molar-refractivity contribution in [3.05, 3.63) is 24.2 Å². The second-order valence-electron chi connectivity index (χ2n) is 7.36. The van der Waals surface area contributed by atoms with Gasteiger partial charge < -0.3 is 0 Å². The van der Waals surface area contributed by atoms with Crippen LogP contribution in [0.2, 0.25) is 0 Å². The Hall–Kier alpha value is -1.42. The van der Waals surface area contributed by atoms with Crippen LogP contribution in [0.1, 0.15) is 59.5 Å². The van der Waals surface area contributed by atoms with Gasteiger partial charge in [0, 0.05) is 24.2 Å². The highest BCUT2D eigenvalue weighted by Gasteiger charge is 2.34. The van der Waals surface area contributed by atoms with E-state index >= 15 is 0 Å². The van der Waals surface area contributed by atoms with Gasteiger partial charge >= 0.3 is 0 Å². The molecule has 0 bridgehead atoms. The third-order valence-electron chi connectivity index (χ3n) is 4.34. The lowest BCUT2D eigenvalue weighted by Gasteiger charge is -2.32. The Morgan fingerprint density at radius 1 is 1.29 bits per heavy atom. The first-order valence-electron chi connectivity index (χ1n) is 7.99. The monoisotopic (exact) mass is 286 g/mol. The highest BCUT2D eigenvalue weighted by atomic mass is 15.4. The summed E-state index contributed by atoms with van der Waals surface area (Å²) in [6.45, 7) is 12.4. The van der Waals surface area contributed by atoms with Crippen molar-refractivity contribution in [1.82, 2.24) is 19.4 Å². The van der Waals surface area contributed by atoms with E-state index in [1.807, 2.05) is 12.3 Å². The second kappa shape index (κ2) is 5.09. The van der Waals surface area contributed by atoms with Crippen molar-refractivity contribution < 1.29 is 0 Å². The van der Waals surface area contributed by atoms with Crippen molar-refractivity contribution in [1.29, 1.82) is 0 Å². The molecule has 0 saturated carbocycles. The third kappa shape index (κ3) is 2.46. The van der Waals surface area contributed by atoms with Crippen LogP contribution in [0.3, 0.4) is 0 Å². The van der Waals surface area contributed by atoms with Crippen LogP contribution in [0.5, 0.6) is 0 Å². The number of aromatic nitrogens is 3. The molecule has 1 unspecified atom stereocenters. The van der Waals surface area contributed by atoms with Crippen molar-refractivity contribution in [2.75, 3.05) is 6.54 Å². The Labute approximate surface area is 127 Å². The molecular formula is C17H26N4. The first kappa shape index (κ1) is 14.5. The van der Waals surface area contributed by atoms with Gasteiger partial charge in [-0.1, -0.05) is 20.8 Å². The fourth-order valence-corrected chi connectivity index (χ4v) is 3.39. The maximum Gasteiger partial charge on any atom is 0.161 e. The minimum atomic E-state index is 0.0198. The molecule has 1 fully saturated rings. The molecule has 0 aromatic carbocycles. The summed E-state index contributed by atoms with van der Waals surface area (Å²) in [6.07, 6.45) is 4.70. The van der Waals surface area contributed by atoms with Gasteiger partial charge in [0.05, 0.1) is 6.17 Å². The molecule has 4 heteroatoms. The van der Waals surface area contributed by atoms with Gasteiger partial charge in [-0.3, -0.25) is 9.47 Å². The maximum absolute atomic E-state index is 4.90. The Kier molecular flexibility index (Phi) is 3.52. The maximum atomic E-state index is 4.90. The summed E-state index contributed by atoms with van der Waals surface area (Å²) < 4.78 is 2.39. The summed E-state index contributed by atoms with van der Waals surface area (Å²) in [5, 5.41) is 0. The molecule has 1 atom stereocenters. The molecule has 1 saturated heterocycles. The quantitative estimate of drug-likeness (QED) is 0.843. The molecule has 0 aliphatic carbocycles. The summed E-state index contributed by atoms with van der Waals surface area (Å²) in [6, 6.07) is 4.59. The number of rotatable bonds is 2. The highest BCUT2D eigenvalue weighted by Crippen LogP contribution is 2.35. The van der Waals surface area contributed by atoms with Crippen molar-refractivity contribution in [3.63, 3.8) is 0 Å². The second-order valence-corrected chi connectivity index (χ2v) is 7.36.